The Hall–Kier alpha value is -0.800. The molecule has 1 N–H and O–H groups in total. The molecule has 2 rings (SSSR count). The molecule has 18 heavy (non-hydrogen) atoms. The zero-order valence-electron chi connectivity index (χ0n) is 12.0. The molecule has 0 radical (unpaired) electrons. The molecule has 1 aromatic rings. The summed E-state index contributed by atoms with van der Waals surface area (Å²) in [6.07, 6.45) is 3.55. The number of aromatic amines is 1. The van der Waals surface area contributed by atoms with Crippen LogP contribution in [0.1, 0.15) is 35.9 Å². The van der Waals surface area contributed by atoms with E-state index >= 15 is 0 Å². The highest BCUT2D eigenvalue weighted by Gasteiger charge is 2.12. The summed E-state index contributed by atoms with van der Waals surface area (Å²) in [7, 11) is 0. The molecule has 0 aromatic carbocycles. The van der Waals surface area contributed by atoms with Crippen molar-refractivity contribution >= 4 is 0 Å². The molecule has 0 bridgehead atoms. The summed E-state index contributed by atoms with van der Waals surface area (Å²) in [6, 6.07) is 0. The topological polar surface area (TPSA) is 28.3 Å². The molecule has 1 aromatic heterocycles. The van der Waals surface area contributed by atoms with Crippen LogP contribution in [0, 0.1) is 13.8 Å². The number of ether oxygens (including phenoxy) is 1. The second kappa shape index (κ2) is 6.39. The van der Waals surface area contributed by atoms with Crippen molar-refractivity contribution < 1.29 is 4.74 Å². The minimum absolute atomic E-state index is 0.903. The minimum Gasteiger partial charge on any atom is -0.379 e. The molecule has 0 aliphatic carbocycles. The van der Waals surface area contributed by atoms with E-state index in [-0.39, 0.29) is 0 Å². The maximum absolute atomic E-state index is 5.37. The SMILES string of the molecule is CCc1c(C)[nH]c(CCCN2CCOCC2)c1C. The molecule has 0 atom stereocenters. The highest BCUT2D eigenvalue weighted by molar-refractivity contribution is 5.35. The molecular formula is C15H26N2O. The Balaban J connectivity index is 1.82. The molecular weight excluding hydrogens is 224 g/mol. The number of hydrogen-bond donors (Lipinski definition) is 1. The fraction of sp³-hybridized carbons (Fsp3) is 0.733. The lowest BCUT2D eigenvalue weighted by molar-refractivity contribution is 0.0374. The van der Waals surface area contributed by atoms with E-state index in [1.54, 1.807) is 0 Å². The summed E-state index contributed by atoms with van der Waals surface area (Å²) in [5, 5.41) is 0. The van der Waals surface area contributed by atoms with Gasteiger partial charge in [-0.05, 0) is 50.8 Å². The summed E-state index contributed by atoms with van der Waals surface area (Å²) in [5.74, 6) is 0. The van der Waals surface area contributed by atoms with Crippen molar-refractivity contribution in [1.82, 2.24) is 9.88 Å². The first-order valence-electron chi connectivity index (χ1n) is 7.19. The Morgan fingerprint density at radius 3 is 2.56 bits per heavy atom. The van der Waals surface area contributed by atoms with E-state index in [1.807, 2.05) is 0 Å². The van der Waals surface area contributed by atoms with Crippen molar-refractivity contribution in [2.45, 2.75) is 40.0 Å². The third-order valence-corrected chi connectivity index (χ3v) is 4.05. The molecule has 1 aliphatic rings. The zero-order valence-corrected chi connectivity index (χ0v) is 12.0. The van der Waals surface area contributed by atoms with E-state index < -0.39 is 0 Å². The highest BCUT2D eigenvalue weighted by Crippen LogP contribution is 2.19. The lowest BCUT2D eigenvalue weighted by atomic mass is 10.1. The number of nitrogens with one attached hydrogen (secondary N) is 1. The third-order valence-electron chi connectivity index (χ3n) is 4.05. The fourth-order valence-electron chi connectivity index (χ4n) is 2.94. The summed E-state index contributed by atoms with van der Waals surface area (Å²) < 4.78 is 5.37. The minimum atomic E-state index is 0.903. The van der Waals surface area contributed by atoms with Crippen LogP contribution in [0.3, 0.4) is 0 Å². The van der Waals surface area contributed by atoms with Gasteiger partial charge in [0.2, 0.25) is 0 Å². The first-order valence-corrected chi connectivity index (χ1v) is 7.19. The molecule has 0 amide bonds. The van der Waals surface area contributed by atoms with Crippen molar-refractivity contribution in [3.63, 3.8) is 0 Å². The summed E-state index contributed by atoms with van der Waals surface area (Å²) in [5.41, 5.74) is 5.79. The lowest BCUT2D eigenvalue weighted by Gasteiger charge is -2.26. The summed E-state index contributed by atoms with van der Waals surface area (Å²) in [4.78, 5) is 6.07. The predicted octanol–water partition coefficient (Wildman–Crippen LogP) is 2.46. The van der Waals surface area contributed by atoms with Gasteiger partial charge in [0.05, 0.1) is 13.2 Å². The van der Waals surface area contributed by atoms with Crippen LogP contribution in [0.25, 0.3) is 0 Å². The van der Waals surface area contributed by atoms with Crippen LogP contribution in [-0.4, -0.2) is 42.7 Å². The summed E-state index contributed by atoms with van der Waals surface area (Å²) >= 11 is 0. The van der Waals surface area contributed by atoms with Crippen molar-refractivity contribution in [1.29, 1.82) is 0 Å². The first-order chi connectivity index (χ1) is 8.72. The summed E-state index contributed by atoms with van der Waals surface area (Å²) in [6.45, 7) is 11.9. The number of morpholine rings is 1. The van der Waals surface area contributed by atoms with Crippen LogP contribution >= 0.6 is 0 Å². The van der Waals surface area contributed by atoms with E-state index in [4.69, 9.17) is 4.74 Å². The highest BCUT2D eigenvalue weighted by atomic mass is 16.5. The van der Waals surface area contributed by atoms with Gasteiger partial charge in [-0.1, -0.05) is 6.92 Å². The number of nitrogens with zero attached hydrogens (tertiary/aromatic N) is 1. The van der Waals surface area contributed by atoms with Gasteiger partial charge in [0.25, 0.3) is 0 Å². The Morgan fingerprint density at radius 2 is 1.94 bits per heavy atom. The van der Waals surface area contributed by atoms with Crippen LogP contribution in [0.4, 0.5) is 0 Å². The predicted molar refractivity (Wildman–Crippen MR) is 75.2 cm³/mol. The van der Waals surface area contributed by atoms with Crippen LogP contribution in [0.15, 0.2) is 0 Å². The van der Waals surface area contributed by atoms with Crippen LogP contribution in [0.2, 0.25) is 0 Å². The van der Waals surface area contributed by atoms with E-state index in [1.165, 1.54) is 41.9 Å². The van der Waals surface area contributed by atoms with Crippen molar-refractivity contribution in [2.24, 2.45) is 0 Å². The molecule has 2 heterocycles. The van der Waals surface area contributed by atoms with Gasteiger partial charge in [-0.2, -0.15) is 0 Å². The van der Waals surface area contributed by atoms with E-state index in [0.717, 1.165) is 32.7 Å². The second-order valence-corrected chi connectivity index (χ2v) is 5.24. The number of H-pyrrole nitrogens is 1. The van der Waals surface area contributed by atoms with E-state index in [0.29, 0.717) is 0 Å². The van der Waals surface area contributed by atoms with E-state index in [2.05, 4.69) is 30.7 Å². The molecule has 1 aliphatic heterocycles. The van der Waals surface area contributed by atoms with Gasteiger partial charge in [-0.25, -0.2) is 0 Å². The number of hydrogen-bond acceptors (Lipinski definition) is 2. The van der Waals surface area contributed by atoms with Gasteiger partial charge in [-0.15, -0.1) is 0 Å². The molecule has 0 saturated carbocycles. The smallest absolute Gasteiger partial charge is 0.0594 e. The molecule has 102 valence electrons. The Morgan fingerprint density at radius 1 is 1.22 bits per heavy atom. The molecule has 0 unspecified atom stereocenters. The van der Waals surface area contributed by atoms with Crippen LogP contribution < -0.4 is 0 Å². The zero-order chi connectivity index (χ0) is 13.0. The number of aryl methyl sites for hydroxylation is 2. The largest absolute Gasteiger partial charge is 0.379 e. The molecule has 0 spiro atoms. The number of rotatable bonds is 5. The number of aromatic nitrogens is 1. The molecule has 1 fully saturated rings. The average molecular weight is 250 g/mol. The molecule has 1 saturated heterocycles. The second-order valence-electron chi connectivity index (χ2n) is 5.24. The maximum Gasteiger partial charge on any atom is 0.0594 e. The fourth-order valence-corrected chi connectivity index (χ4v) is 2.94. The Labute approximate surface area is 111 Å². The quantitative estimate of drug-likeness (QED) is 0.869. The van der Waals surface area contributed by atoms with Crippen LogP contribution in [-0.2, 0) is 17.6 Å². The van der Waals surface area contributed by atoms with Gasteiger partial charge in [0, 0.05) is 24.5 Å². The van der Waals surface area contributed by atoms with Gasteiger partial charge >= 0.3 is 0 Å². The van der Waals surface area contributed by atoms with Gasteiger partial charge < -0.3 is 9.72 Å². The van der Waals surface area contributed by atoms with Crippen molar-refractivity contribution in [2.75, 3.05) is 32.8 Å². The first kappa shape index (κ1) is 13.6. The maximum atomic E-state index is 5.37. The molecule has 3 heteroatoms. The van der Waals surface area contributed by atoms with Crippen molar-refractivity contribution in [3.8, 4) is 0 Å². The Kier molecular flexibility index (Phi) is 4.84. The monoisotopic (exact) mass is 250 g/mol. The molecule has 3 nitrogen and oxygen atoms in total. The van der Waals surface area contributed by atoms with Gasteiger partial charge in [0.1, 0.15) is 0 Å². The van der Waals surface area contributed by atoms with Crippen LogP contribution in [0.5, 0.6) is 0 Å². The third kappa shape index (κ3) is 3.15. The van der Waals surface area contributed by atoms with E-state index in [9.17, 15) is 0 Å². The normalized spacial score (nSPS) is 17.3. The average Bonchev–Trinajstić information content (AvgIpc) is 2.65. The van der Waals surface area contributed by atoms with Crippen molar-refractivity contribution in [3.05, 3.63) is 22.5 Å². The van der Waals surface area contributed by atoms with Gasteiger partial charge in [-0.3, -0.25) is 4.90 Å². The Bertz CT molecular complexity index is 378. The lowest BCUT2D eigenvalue weighted by Crippen LogP contribution is -2.36. The van der Waals surface area contributed by atoms with Gasteiger partial charge in [0.15, 0.2) is 0 Å². The standard InChI is InChI=1S/C15H26N2O/c1-4-14-12(2)15(16-13(14)3)6-5-7-17-8-10-18-11-9-17/h16H,4-11H2,1-3H3.